The molecule has 0 atom stereocenters. The van der Waals surface area contributed by atoms with Crippen LogP contribution in [-0.2, 0) is 16.1 Å². The minimum Gasteiger partial charge on any atom is -0.454 e. The van der Waals surface area contributed by atoms with Gasteiger partial charge in [0.2, 0.25) is 6.79 Å². The molecule has 1 aromatic heterocycles. The molecule has 0 bridgehead atoms. The maximum atomic E-state index is 12.9. The lowest BCUT2D eigenvalue weighted by atomic mass is 10.0. The van der Waals surface area contributed by atoms with Gasteiger partial charge in [-0.15, -0.1) is 0 Å². The first kappa shape index (κ1) is 21.5. The molecule has 7 nitrogen and oxygen atoms in total. The Balaban J connectivity index is 1.28. The maximum absolute atomic E-state index is 12.9. The third-order valence-electron chi connectivity index (χ3n) is 5.54. The molecule has 0 aliphatic carbocycles. The molecule has 0 saturated carbocycles. The van der Waals surface area contributed by atoms with Crippen LogP contribution in [-0.4, -0.2) is 30.3 Å². The number of hydrogen-bond donors (Lipinski definition) is 1. The van der Waals surface area contributed by atoms with E-state index in [1.807, 2.05) is 67.6 Å². The van der Waals surface area contributed by atoms with Gasteiger partial charge in [-0.25, -0.2) is 9.78 Å². The Kier molecular flexibility index (Phi) is 5.82. The summed E-state index contributed by atoms with van der Waals surface area (Å²) in [6.07, 6.45) is 0. The van der Waals surface area contributed by atoms with Crippen LogP contribution in [0.25, 0.3) is 22.2 Å². The second-order valence-corrected chi connectivity index (χ2v) is 7.98. The number of aromatic nitrogens is 1. The molecule has 3 aromatic carbocycles. The Bertz CT molecular complexity index is 1380. The van der Waals surface area contributed by atoms with E-state index in [9.17, 15) is 9.59 Å². The van der Waals surface area contributed by atoms with Crippen molar-refractivity contribution in [3.8, 4) is 22.8 Å². The number of carbonyl (C=O) groups is 2. The number of ether oxygens (including phenoxy) is 3. The molecule has 4 aromatic rings. The highest BCUT2D eigenvalue weighted by atomic mass is 16.7. The molecule has 1 aliphatic heterocycles. The van der Waals surface area contributed by atoms with E-state index in [4.69, 9.17) is 19.2 Å². The van der Waals surface area contributed by atoms with Gasteiger partial charge >= 0.3 is 5.97 Å². The normalized spacial score (nSPS) is 11.9. The van der Waals surface area contributed by atoms with E-state index in [0.717, 1.165) is 16.7 Å². The van der Waals surface area contributed by atoms with Gasteiger partial charge in [-0.05, 0) is 36.8 Å². The first-order chi connectivity index (χ1) is 16.6. The molecule has 0 radical (unpaired) electrons. The summed E-state index contributed by atoms with van der Waals surface area (Å²) in [6, 6.07) is 22.4. The van der Waals surface area contributed by atoms with Crippen molar-refractivity contribution >= 4 is 22.8 Å². The van der Waals surface area contributed by atoms with Gasteiger partial charge in [0.25, 0.3) is 5.91 Å². The van der Waals surface area contributed by atoms with E-state index in [-0.39, 0.29) is 19.9 Å². The molecular formula is C27H22N2O5. The third-order valence-corrected chi connectivity index (χ3v) is 5.54. The molecule has 1 aliphatic rings. The second kappa shape index (κ2) is 9.23. The fourth-order valence-electron chi connectivity index (χ4n) is 3.73. The van der Waals surface area contributed by atoms with Gasteiger partial charge < -0.3 is 19.5 Å². The molecule has 5 rings (SSSR count). The van der Waals surface area contributed by atoms with E-state index < -0.39 is 11.9 Å². The number of hydrogen-bond acceptors (Lipinski definition) is 6. The fourth-order valence-corrected chi connectivity index (χ4v) is 3.73. The summed E-state index contributed by atoms with van der Waals surface area (Å²) < 4.78 is 16.0. The Labute approximate surface area is 196 Å². The van der Waals surface area contributed by atoms with Gasteiger partial charge in [0, 0.05) is 17.5 Å². The van der Waals surface area contributed by atoms with Crippen molar-refractivity contribution in [3.63, 3.8) is 0 Å². The van der Waals surface area contributed by atoms with Crippen LogP contribution in [0.3, 0.4) is 0 Å². The number of esters is 1. The van der Waals surface area contributed by atoms with Crippen molar-refractivity contribution < 1.29 is 23.8 Å². The first-order valence-electron chi connectivity index (χ1n) is 10.9. The Morgan fingerprint density at radius 3 is 2.62 bits per heavy atom. The van der Waals surface area contributed by atoms with Crippen LogP contribution in [0.15, 0.2) is 72.8 Å². The SMILES string of the molecule is Cc1ccc(-c2cc(C(=O)OCC(=O)NCc3ccc4c(c3)OCO4)c3ccccc3n2)cc1. The molecule has 34 heavy (non-hydrogen) atoms. The van der Waals surface area contributed by atoms with Gasteiger partial charge in [0.15, 0.2) is 18.1 Å². The highest BCUT2D eigenvalue weighted by molar-refractivity contribution is 6.05. The largest absolute Gasteiger partial charge is 0.454 e. The number of amides is 1. The fraction of sp³-hybridized carbons (Fsp3) is 0.148. The van der Waals surface area contributed by atoms with E-state index in [1.54, 1.807) is 12.1 Å². The highest BCUT2D eigenvalue weighted by Gasteiger charge is 2.17. The number of rotatable bonds is 6. The zero-order chi connectivity index (χ0) is 23.5. The number of fused-ring (bicyclic) bond motifs is 2. The van der Waals surface area contributed by atoms with Gasteiger partial charge in [-0.1, -0.05) is 54.1 Å². The molecule has 1 amide bonds. The molecule has 7 heteroatoms. The molecule has 1 N–H and O–H groups in total. The standard InChI is InChI=1S/C27H22N2O5/c1-17-6-9-19(10-7-17)23-13-21(20-4-2-3-5-22(20)29-23)27(31)32-15-26(30)28-14-18-8-11-24-25(12-18)34-16-33-24/h2-13H,14-16H2,1H3,(H,28,30). The predicted octanol–water partition coefficient (Wildman–Crippen LogP) is 4.41. The van der Waals surface area contributed by atoms with E-state index in [0.29, 0.717) is 33.7 Å². The Hall–Kier alpha value is -4.39. The van der Waals surface area contributed by atoms with E-state index >= 15 is 0 Å². The van der Waals surface area contributed by atoms with Crippen molar-refractivity contribution in [1.29, 1.82) is 0 Å². The summed E-state index contributed by atoms with van der Waals surface area (Å²) in [5.41, 5.74) is 4.59. The molecule has 0 unspecified atom stereocenters. The predicted molar refractivity (Wildman–Crippen MR) is 127 cm³/mol. The smallest absolute Gasteiger partial charge is 0.339 e. The number of aryl methyl sites for hydroxylation is 1. The van der Waals surface area contributed by atoms with Crippen LogP contribution in [0.4, 0.5) is 0 Å². The number of carbonyl (C=O) groups excluding carboxylic acids is 2. The molecule has 0 fully saturated rings. The molecule has 0 spiro atoms. The van der Waals surface area contributed by atoms with Crippen molar-refractivity contribution in [2.24, 2.45) is 0 Å². The molecule has 2 heterocycles. The Morgan fingerprint density at radius 1 is 0.971 bits per heavy atom. The summed E-state index contributed by atoms with van der Waals surface area (Å²) in [5, 5.41) is 3.42. The number of nitrogens with zero attached hydrogens (tertiary/aromatic N) is 1. The zero-order valence-electron chi connectivity index (χ0n) is 18.5. The monoisotopic (exact) mass is 454 g/mol. The van der Waals surface area contributed by atoms with Crippen LogP contribution in [0.2, 0.25) is 0 Å². The number of pyridine rings is 1. The number of nitrogens with one attached hydrogen (secondary N) is 1. The third kappa shape index (κ3) is 4.54. The second-order valence-electron chi connectivity index (χ2n) is 7.98. The number of benzene rings is 3. The van der Waals surface area contributed by atoms with Crippen LogP contribution in [0.5, 0.6) is 11.5 Å². The highest BCUT2D eigenvalue weighted by Crippen LogP contribution is 2.32. The summed E-state index contributed by atoms with van der Waals surface area (Å²) in [7, 11) is 0. The van der Waals surface area contributed by atoms with Crippen molar-refractivity contribution in [1.82, 2.24) is 10.3 Å². The van der Waals surface area contributed by atoms with Gasteiger partial charge in [0.1, 0.15) is 0 Å². The molecule has 0 saturated heterocycles. The van der Waals surface area contributed by atoms with Crippen LogP contribution in [0.1, 0.15) is 21.5 Å². The lowest BCUT2D eigenvalue weighted by Gasteiger charge is -2.11. The van der Waals surface area contributed by atoms with E-state index in [1.165, 1.54) is 0 Å². The maximum Gasteiger partial charge on any atom is 0.339 e. The summed E-state index contributed by atoms with van der Waals surface area (Å²) in [6.45, 7) is 2.09. The lowest BCUT2D eigenvalue weighted by Crippen LogP contribution is -2.28. The van der Waals surface area contributed by atoms with Crippen molar-refractivity contribution in [2.45, 2.75) is 13.5 Å². The van der Waals surface area contributed by atoms with Crippen molar-refractivity contribution in [3.05, 3.63) is 89.5 Å². The Morgan fingerprint density at radius 2 is 1.76 bits per heavy atom. The summed E-state index contributed by atoms with van der Waals surface area (Å²) in [4.78, 5) is 30.0. The average Bonchev–Trinajstić information content (AvgIpc) is 3.34. The van der Waals surface area contributed by atoms with Crippen LogP contribution >= 0.6 is 0 Å². The number of para-hydroxylation sites is 1. The lowest BCUT2D eigenvalue weighted by molar-refractivity contribution is -0.124. The molecule has 170 valence electrons. The van der Waals surface area contributed by atoms with Crippen LogP contribution < -0.4 is 14.8 Å². The minimum absolute atomic E-state index is 0.191. The summed E-state index contributed by atoms with van der Waals surface area (Å²) >= 11 is 0. The van der Waals surface area contributed by atoms with Gasteiger partial charge in [-0.3, -0.25) is 4.79 Å². The quantitative estimate of drug-likeness (QED) is 0.434. The topological polar surface area (TPSA) is 86.8 Å². The average molecular weight is 454 g/mol. The van der Waals surface area contributed by atoms with E-state index in [2.05, 4.69) is 5.32 Å². The minimum atomic E-state index is -0.579. The summed E-state index contributed by atoms with van der Waals surface area (Å²) in [5.74, 6) is 0.346. The van der Waals surface area contributed by atoms with Gasteiger partial charge in [-0.2, -0.15) is 0 Å². The van der Waals surface area contributed by atoms with Crippen molar-refractivity contribution in [2.75, 3.05) is 13.4 Å². The van der Waals surface area contributed by atoms with Gasteiger partial charge in [0.05, 0.1) is 16.8 Å². The molecular weight excluding hydrogens is 432 g/mol. The zero-order valence-corrected chi connectivity index (χ0v) is 18.5. The first-order valence-corrected chi connectivity index (χ1v) is 10.9. The van der Waals surface area contributed by atoms with Crippen LogP contribution in [0, 0.1) is 6.92 Å².